The molecule has 4 nitrogen and oxygen atoms in total. The molecule has 0 spiro atoms. The summed E-state index contributed by atoms with van der Waals surface area (Å²) in [4.78, 5) is 23.6. The number of H-pyrrole nitrogens is 1. The van der Waals surface area contributed by atoms with Gasteiger partial charge in [-0.3, -0.25) is 4.79 Å². The Balaban J connectivity index is 2.61. The predicted molar refractivity (Wildman–Crippen MR) is 62.4 cm³/mol. The average molecular weight is 211 g/mol. The number of nitrogens with one attached hydrogen (secondary N) is 1. The van der Waals surface area contributed by atoms with E-state index < -0.39 is 0 Å². The van der Waals surface area contributed by atoms with Gasteiger partial charge in [-0.15, -0.1) is 0 Å². The van der Waals surface area contributed by atoms with E-state index in [0.717, 1.165) is 5.69 Å². The molecule has 0 aliphatic heterocycles. The largest absolute Gasteiger partial charge is 0.324 e. The molecule has 78 valence electrons. The molecule has 0 atom stereocenters. The van der Waals surface area contributed by atoms with E-state index in [1.165, 1.54) is 0 Å². The van der Waals surface area contributed by atoms with Crippen molar-refractivity contribution in [3.63, 3.8) is 0 Å². The summed E-state index contributed by atoms with van der Waals surface area (Å²) >= 11 is 0. The van der Waals surface area contributed by atoms with Crippen LogP contribution in [0.2, 0.25) is 0 Å². The summed E-state index contributed by atoms with van der Waals surface area (Å²) in [5.74, 6) is 0. The van der Waals surface area contributed by atoms with Gasteiger partial charge in [-0.2, -0.15) is 0 Å². The molecule has 0 aliphatic carbocycles. The third-order valence-corrected chi connectivity index (χ3v) is 2.57. The fourth-order valence-electron chi connectivity index (χ4n) is 1.78. The molecule has 0 bridgehead atoms. The van der Waals surface area contributed by atoms with Crippen LogP contribution in [0, 0.1) is 6.92 Å². The van der Waals surface area contributed by atoms with Crippen LogP contribution in [0.4, 0.5) is 0 Å². The van der Waals surface area contributed by atoms with Gasteiger partial charge in [0.25, 0.3) is 0 Å². The minimum absolute atomic E-state index is 0.0237. The van der Waals surface area contributed by atoms with E-state index in [9.17, 15) is 4.79 Å². The molecule has 3 aromatic heterocycles. The van der Waals surface area contributed by atoms with Gasteiger partial charge < -0.3 is 4.98 Å². The lowest BCUT2D eigenvalue weighted by molar-refractivity contribution is 1.20. The van der Waals surface area contributed by atoms with Crippen LogP contribution >= 0.6 is 0 Å². The zero-order chi connectivity index (χ0) is 11.1. The summed E-state index contributed by atoms with van der Waals surface area (Å²) in [7, 11) is 0. The topological polar surface area (TPSA) is 58.6 Å². The second-order valence-electron chi connectivity index (χ2n) is 3.70. The van der Waals surface area contributed by atoms with Gasteiger partial charge >= 0.3 is 0 Å². The number of rotatable bonds is 0. The van der Waals surface area contributed by atoms with Crippen molar-refractivity contribution in [2.45, 2.75) is 6.92 Å². The Morgan fingerprint density at radius 2 is 1.94 bits per heavy atom. The number of hydrogen-bond acceptors (Lipinski definition) is 3. The molecule has 3 rings (SSSR count). The first-order valence-electron chi connectivity index (χ1n) is 5.00. The fourth-order valence-corrected chi connectivity index (χ4v) is 1.78. The summed E-state index contributed by atoms with van der Waals surface area (Å²) in [6, 6.07) is 7.15. The summed E-state index contributed by atoms with van der Waals surface area (Å²) in [5.41, 5.74) is 2.03. The molecule has 0 amide bonds. The van der Waals surface area contributed by atoms with Crippen molar-refractivity contribution in [2.24, 2.45) is 0 Å². The lowest BCUT2D eigenvalue weighted by Crippen LogP contribution is -2.06. The van der Waals surface area contributed by atoms with Gasteiger partial charge in [-0.25, -0.2) is 9.97 Å². The highest BCUT2D eigenvalue weighted by Gasteiger charge is 2.05. The first-order valence-corrected chi connectivity index (χ1v) is 5.00. The summed E-state index contributed by atoms with van der Waals surface area (Å²) in [6.07, 6.45) is 1.65. The maximum atomic E-state index is 12.1. The van der Waals surface area contributed by atoms with Gasteiger partial charge in [0.2, 0.25) is 0 Å². The lowest BCUT2D eigenvalue weighted by atomic mass is 10.2. The van der Waals surface area contributed by atoms with Crippen LogP contribution in [0.5, 0.6) is 0 Å². The molecule has 0 saturated carbocycles. The van der Waals surface area contributed by atoms with Crippen LogP contribution < -0.4 is 5.43 Å². The molecular weight excluding hydrogens is 202 g/mol. The van der Waals surface area contributed by atoms with Crippen molar-refractivity contribution in [1.82, 2.24) is 15.0 Å². The molecule has 4 heteroatoms. The smallest absolute Gasteiger partial charge is 0.200 e. The molecule has 0 aliphatic rings. The first kappa shape index (κ1) is 9.03. The van der Waals surface area contributed by atoms with E-state index in [-0.39, 0.29) is 5.43 Å². The van der Waals surface area contributed by atoms with E-state index in [0.29, 0.717) is 22.1 Å². The Kier molecular flexibility index (Phi) is 1.77. The van der Waals surface area contributed by atoms with Crippen LogP contribution in [0.1, 0.15) is 5.69 Å². The van der Waals surface area contributed by atoms with E-state index in [2.05, 4.69) is 15.0 Å². The summed E-state index contributed by atoms with van der Waals surface area (Å²) in [6.45, 7) is 1.89. The number of fused-ring (bicyclic) bond motifs is 2. The Morgan fingerprint density at radius 3 is 2.81 bits per heavy atom. The van der Waals surface area contributed by atoms with E-state index >= 15 is 0 Å². The minimum atomic E-state index is -0.0237. The third kappa shape index (κ3) is 1.20. The summed E-state index contributed by atoms with van der Waals surface area (Å²) < 4.78 is 0. The van der Waals surface area contributed by atoms with Crippen molar-refractivity contribution in [1.29, 1.82) is 0 Å². The Morgan fingerprint density at radius 1 is 1.12 bits per heavy atom. The number of hydrogen-bond donors (Lipinski definition) is 1. The maximum Gasteiger partial charge on any atom is 0.200 e. The van der Waals surface area contributed by atoms with Crippen molar-refractivity contribution in [3.8, 4) is 0 Å². The quantitative estimate of drug-likeness (QED) is 0.576. The minimum Gasteiger partial charge on any atom is -0.324 e. The highest BCUT2D eigenvalue weighted by molar-refractivity contribution is 5.88. The fraction of sp³-hybridized carbons (Fsp3) is 0.0833. The van der Waals surface area contributed by atoms with Crippen molar-refractivity contribution < 1.29 is 0 Å². The van der Waals surface area contributed by atoms with Crippen molar-refractivity contribution in [3.05, 3.63) is 46.4 Å². The zero-order valence-electron chi connectivity index (χ0n) is 8.69. The number of aryl methyl sites for hydroxylation is 1. The molecule has 3 aromatic rings. The van der Waals surface area contributed by atoms with Crippen LogP contribution in [-0.2, 0) is 0 Å². The highest BCUT2D eigenvalue weighted by Crippen LogP contribution is 2.11. The van der Waals surface area contributed by atoms with Gasteiger partial charge in [-0.05, 0) is 31.2 Å². The molecular formula is C12H9N3O. The van der Waals surface area contributed by atoms with E-state index in [4.69, 9.17) is 0 Å². The van der Waals surface area contributed by atoms with Gasteiger partial charge in [0.1, 0.15) is 11.3 Å². The van der Waals surface area contributed by atoms with Crippen LogP contribution in [0.15, 0.2) is 35.3 Å². The normalized spacial score (nSPS) is 11.1. The highest BCUT2D eigenvalue weighted by atomic mass is 16.1. The van der Waals surface area contributed by atoms with Gasteiger partial charge in [0.05, 0.1) is 10.8 Å². The van der Waals surface area contributed by atoms with Crippen LogP contribution in [-0.4, -0.2) is 15.0 Å². The van der Waals surface area contributed by atoms with Gasteiger partial charge in [0, 0.05) is 11.9 Å². The molecule has 0 fully saturated rings. The standard InChI is InChI=1S/C12H9N3O/c1-7-4-5-9-10(16)8-3-2-6-13-11(8)15-12(9)14-7/h2-6H,1H3,(H,13,14,15,16). The molecule has 0 radical (unpaired) electrons. The second kappa shape index (κ2) is 3.13. The molecule has 0 saturated heterocycles. The second-order valence-corrected chi connectivity index (χ2v) is 3.70. The Hall–Kier alpha value is -2.23. The van der Waals surface area contributed by atoms with E-state index in [1.54, 1.807) is 24.4 Å². The van der Waals surface area contributed by atoms with Crippen LogP contribution in [0.3, 0.4) is 0 Å². The maximum absolute atomic E-state index is 12.1. The molecule has 0 aromatic carbocycles. The monoisotopic (exact) mass is 211 g/mol. The van der Waals surface area contributed by atoms with Gasteiger partial charge in [-0.1, -0.05) is 0 Å². The zero-order valence-corrected chi connectivity index (χ0v) is 8.69. The number of aromatic nitrogens is 3. The Bertz CT molecular complexity index is 746. The number of aromatic amines is 1. The molecule has 0 unspecified atom stereocenters. The molecule has 1 N–H and O–H groups in total. The SMILES string of the molecule is Cc1ccc2c(=O)c3cccnc3[nH]c2n1. The first-order chi connectivity index (χ1) is 7.75. The van der Waals surface area contributed by atoms with Crippen LogP contribution in [0.25, 0.3) is 22.1 Å². The lowest BCUT2D eigenvalue weighted by Gasteiger charge is -2.01. The van der Waals surface area contributed by atoms with Crippen molar-refractivity contribution >= 4 is 22.1 Å². The molecule has 3 heterocycles. The molecule has 16 heavy (non-hydrogen) atoms. The number of pyridine rings is 3. The van der Waals surface area contributed by atoms with Gasteiger partial charge in [0.15, 0.2) is 5.43 Å². The van der Waals surface area contributed by atoms with Crippen molar-refractivity contribution in [2.75, 3.05) is 0 Å². The third-order valence-electron chi connectivity index (χ3n) is 2.57. The number of nitrogens with zero attached hydrogens (tertiary/aromatic N) is 2. The van der Waals surface area contributed by atoms with E-state index in [1.807, 2.05) is 13.0 Å². The summed E-state index contributed by atoms with van der Waals surface area (Å²) in [5, 5.41) is 1.20. The Labute approximate surface area is 91.0 Å². The average Bonchev–Trinajstić information content (AvgIpc) is 2.29. The predicted octanol–water partition coefficient (Wildman–Crippen LogP) is 1.78.